The third-order valence-electron chi connectivity index (χ3n) is 2.75. The lowest BCUT2D eigenvalue weighted by Gasteiger charge is -2.22. The van der Waals surface area contributed by atoms with Crippen LogP contribution in [0.5, 0.6) is 0 Å². The molecule has 2 heteroatoms. The summed E-state index contributed by atoms with van der Waals surface area (Å²) in [5.41, 5.74) is 0.334. The summed E-state index contributed by atoms with van der Waals surface area (Å²) in [7, 11) is 0. The normalized spacial score (nSPS) is 13.2. The Balaban J connectivity index is 2.94. The minimum Gasteiger partial charge on any atom is -0.396 e. The zero-order valence-electron chi connectivity index (χ0n) is 10.4. The quantitative estimate of drug-likeness (QED) is 0.833. The fraction of sp³-hybridized carbons (Fsp3) is 0.692. The molecule has 0 radical (unpaired) electrons. The molecule has 0 atom stereocenters. The Hall–Kier alpha value is -0.340. The second kappa shape index (κ2) is 4.26. The van der Waals surface area contributed by atoms with E-state index in [1.165, 1.54) is 9.75 Å². The molecule has 0 saturated carbocycles. The number of rotatable bonds is 3. The molecule has 15 heavy (non-hydrogen) atoms. The molecule has 86 valence electrons. The van der Waals surface area contributed by atoms with Gasteiger partial charge in [-0.05, 0) is 24.0 Å². The minimum absolute atomic E-state index is 0.100. The molecule has 1 N–H and O–H groups in total. The average molecular weight is 226 g/mol. The molecule has 0 aliphatic rings. The SMILES string of the molecule is CC(C)(C)c1ccc(C(C)(C)CCO)s1. The van der Waals surface area contributed by atoms with Crippen molar-refractivity contribution in [3.63, 3.8) is 0 Å². The van der Waals surface area contributed by atoms with Gasteiger partial charge in [-0.2, -0.15) is 0 Å². The van der Waals surface area contributed by atoms with Gasteiger partial charge in [0, 0.05) is 21.8 Å². The first-order valence-electron chi connectivity index (χ1n) is 5.49. The Morgan fingerprint density at radius 3 is 2.00 bits per heavy atom. The Morgan fingerprint density at radius 1 is 1.07 bits per heavy atom. The topological polar surface area (TPSA) is 20.2 Å². The van der Waals surface area contributed by atoms with Gasteiger partial charge in [0.05, 0.1) is 0 Å². The first-order valence-corrected chi connectivity index (χ1v) is 6.31. The fourth-order valence-corrected chi connectivity index (χ4v) is 2.70. The second-order valence-corrected chi connectivity index (χ2v) is 6.86. The van der Waals surface area contributed by atoms with E-state index in [-0.39, 0.29) is 17.4 Å². The van der Waals surface area contributed by atoms with E-state index in [2.05, 4.69) is 46.8 Å². The molecule has 0 spiro atoms. The molecular weight excluding hydrogens is 204 g/mol. The van der Waals surface area contributed by atoms with Crippen LogP contribution < -0.4 is 0 Å². The van der Waals surface area contributed by atoms with Gasteiger partial charge < -0.3 is 5.11 Å². The number of hydrogen-bond acceptors (Lipinski definition) is 2. The van der Waals surface area contributed by atoms with Crippen molar-refractivity contribution < 1.29 is 5.11 Å². The minimum atomic E-state index is 0.100. The monoisotopic (exact) mass is 226 g/mol. The first-order chi connectivity index (χ1) is 6.77. The van der Waals surface area contributed by atoms with Crippen molar-refractivity contribution in [2.24, 2.45) is 0 Å². The Labute approximate surface area is 97.2 Å². The molecule has 1 rings (SSSR count). The van der Waals surface area contributed by atoms with E-state index in [1.807, 2.05) is 11.3 Å². The third kappa shape index (κ3) is 3.05. The molecule has 0 unspecified atom stereocenters. The summed E-state index contributed by atoms with van der Waals surface area (Å²) < 4.78 is 0. The highest BCUT2D eigenvalue weighted by Crippen LogP contribution is 2.37. The Kier molecular flexibility index (Phi) is 3.62. The predicted octanol–water partition coefficient (Wildman–Crippen LogP) is 3.71. The van der Waals surface area contributed by atoms with Crippen molar-refractivity contribution >= 4 is 11.3 Å². The maximum atomic E-state index is 9.03. The number of aliphatic hydroxyl groups is 1. The van der Waals surface area contributed by atoms with E-state index in [0.29, 0.717) is 0 Å². The van der Waals surface area contributed by atoms with Crippen LogP contribution >= 0.6 is 11.3 Å². The summed E-state index contributed by atoms with van der Waals surface area (Å²) >= 11 is 1.88. The average Bonchev–Trinajstić information content (AvgIpc) is 2.50. The van der Waals surface area contributed by atoms with Gasteiger partial charge in [0.2, 0.25) is 0 Å². The molecule has 0 aliphatic carbocycles. The maximum absolute atomic E-state index is 9.03. The standard InChI is InChI=1S/C13H22OS/c1-12(2,3)10-6-7-11(15-10)13(4,5)8-9-14/h6-7,14H,8-9H2,1-5H3. The molecule has 0 bridgehead atoms. The lowest BCUT2D eigenvalue weighted by Crippen LogP contribution is -2.17. The molecular formula is C13H22OS. The van der Waals surface area contributed by atoms with Crippen molar-refractivity contribution in [2.75, 3.05) is 6.61 Å². The highest BCUT2D eigenvalue weighted by atomic mass is 32.1. The van der Waals surface area contributed by atoms with Gasteiger partial charge in [-0.25, -0.2) is 0 Å². The number of aliphatic hydroxyl groups excluding tert-OH is 1. The van der Waals surface area contributed by atoms with E-state index in [0.717, 1.165) is 6.42 Å². The smallest absolute Gasteiger partial charge is 0.0439 e. The van der Waals surface area contributed by atoms with Crippen LogP contribution in [0.1, 0.15) is 50.8 Å². The largest absolute Gasteiger partial charge is 0.396 e. The van der Waals surface area contributed by atoms with Crippen LogP contribution in [0.15, 0.2) is 12.1 Å². The van der Waals surface area contributed by atoms with Crippen LogP contribution in [0.3, 0.4) is 0 Å². The van der Waals surface area contributed by atoms with E-state index < -0.39 is 0 Å². The van der Waals surface area contributed by atoms with Gasteiger partial charge in [0.25, 0.3) is 0 Å². The highest BCUT2D eigenvalue weighted by molar-refractivity contribution is 7.12. The van der Waals surface area contributed by atoms with Gasteiger partial charge in [-0.1, -0.05) is 34.6 Å². The van der Waals surface area contributed by atoms with Crippen LogP contribution in [0.25, 0.3) is 0 Å². The summed E-state index contributed by atoms with van der Waals surface area (Å²) in [4.78, 5) is 2.80. The van der Waals surface area contributed by atoms with E-state index in [9.17, 15) is 0 Å². The summed E-state index contributed by atoms with van der Waals surface area (Å²) in [5, 5.41) is 9.03. The van der Waals surface area contributed by atoms with Gasteiger partial charge in [-0.3, -0.25) is 0 Å². The fourth-order valence-electron chi connectivity index (χ4n) is 1.51. The summed E-state index contributed by atoms with van der Waals surface area (Å²) in [6.45, 7) is 11.4. The summed E-state index contributed by atoms with van der Waals surface area (Å²) in [5.74, 6) is 0. The van der Waals surface area contributed by atoms with Gasteiger partial charge in [0.15, 0.2) is 0 Å². The Bertz CT molecular complexity index is 318. The van der Waals surface area contributed by atoms with Crippen LogP contribution in [0.4, 0.5) is 0 Å². The summed E-state index contributed by atoms with van der Waals surface area (Å²) in [6.07, 6.45) is 0.830. The molecule has 1 heterocycles. The maximum Gasteiger partial charge on any atom is 0.0439 e. The molecule has 0 fully saturated rings. The van der Waals surface area contributed by atoms with E-state index in [1.54, 1.807) is 0 Å². The lowest BCUT2D eigenvalue weighted by atomic mass is 9.88. The molecule has 0 amide bonds. The van der Waals surface area contributed by atoms with E-state index in [4.69, 9.17) is 5.11 Å². The van der Waals surface area contributed by atoms with Gasteiger partial charge >= 0.3 is 0 Å². The molecule has 0 aromatic carbocycles. The van der Waals surface area contributed by atoms with Crippen molar-refractivity contribution in [3.8, 4) is 0 Å². The predicted molar refractivity (Wildman–Crippen MR) is 67.7 cm³/mol. The first kappa shape index (κ1) is 12.7. The number of hydrogen-bond donors (Lipinski definition) is 1. The van der Waals surface area contributed by atoms with Gasteiger partial charge in [0.1, 0.15) is 0 Å². The Morgan fingerprint density at radius 2 is 1.60 bits per heavy atom. The van der Waals surface area contributed by atoms with Crippen molar-refractivity contribution in [3.05, 3.63) is 21.9 Å². The lowest BCUT2D eigenvalue weighted by molar-refractivity contribution is 0.254. The van der Waals surface area contributed by atoms with Crippen molar-refractivity contribution in [1.29, 1.82) is 0 Å². The molecule has 1 nitrogen and oxygen atoms in total. The van der Waals surface area contributed by atoms with Crippen LogP contribution in [0.2, 0.25) is 0 Å². The van der Waals surface area contributed by atoms with Crippen LogP contribution in [0, 0.1) is 0 Å². The summed E-state index contributed by atoms with van der Waals surface area (Å²) in [6, 6.07) is 4.43. The molecule has 1 aromatic rings. The highest BCUT2D eigenvalue weighted by Gasteiger charge is 2.24. The second-order valence-electron chi connectivity index (χ2n) is 5.77. The molecule has 1 aromatic heterocycles. The van der Waals surface area contributed by atoms with Crippen LogP contribution in [-0.4, -0.2) is 11.7 Å². The van der Waals surface area contributed by atoms with Crippen molar-refractivity contribution in [1.82, 2.24) is 0 Å². The van der Waals surface area contributed by atoms with Gasteiger partial charge in [-0.15, -0.1) is 11.3 Å². The van der Waals surface area contributed by atoms with Crippen molar-refractivity contribution in [2.45, 2.75) is 51.9 Å². The van der Waals surface area contributed by atoms with Crippen LogP contribution in [-0.2, 0) is 10.8 Å². The number of thiophene rings is 1. The molecule has 0 saturated heterocycles. The third-order valence-corrected chi connectivity index (χ3v) is 4.63. The zero-order chi connectivity index (χ0) is 11.7. The van der Waals surface area contributed by atoms with E-state index >= 15 is 0 Å². The zero-order valence-corrected chi connectivity index (χ0v) is 11.2. The molecule has 0 aliphatic heterocycles.